The number of rotatable bonds is 0. The molecule has 0 aromatic rings. The molecule has 0 fully saturated rings. The predicted molar refractivity (Wildman–Crippen MR) is 55.2 cm³/mol. The van der Waals surface area contributed by atoms with Gasteiger partial charge in [0.2, 0.25) is 0 Å². The monoisotopic (exact) mass is 164 g/mol. The summed E-state index contributed by atoms with van der Waals surface area (Å²) >= 11 is 0. The maximum atomic E-state index is 2.29. The average Bonchev–Trinajstić information content (AvgIpc) is 2.05. The second-order valence-electron chi connectivity index (χ2n) is 3.55. The lowest BCUT2D eigenvalue weighted by atomic mass is 10.1. The van der Waals surface area contributed by atoms with Crippen molar-refractivity contribution >= 4 is 0 Å². The number of hydrogen-bond acceptors (Lipinski definition) is 0. The van der Waals surface area contributed by atoms with Gasteiger partial charge in [0.1, 0.15) is 0 Å². The van der Waals surface area contributed by atoms with E-state index in [-0.39, 0.29) is 0 Å². The van der Waals surface area contributed by atoms with Crippen LogP contribution in [0.25, 0.3) is 0 Å². The molecule has 1 rings (SSSR count). The van der Waals surface area contributed by atoms with Gasteiger partial charge in [-0.25, -0.2) is 0 Å². The molecule has 0 atom stereocenters. The fourth-order valence-corrected chi connectivity index (χ4v) is 1.58. The highest BCUT2D eigenvalue weighted by Crippen LogP contribution is 2.10. The first-order chi connectivity index (χ1) is 6.00. The molecule has 0 N–H and O–H groups in total. The lowest BCUT2D eigenvalue weighted by Crippen LogP contribution is -1.80. The van der Waals surface area contributed by atoms with E-state index in [1.807, 2.05) is 0 Å². The van der Waals surface area contributed by atoms with Crippen LogP contribution in [0.4, 0.5) is 0 Å². The van der Waals surface area contributed by atoms with E-state index in [1.54, 1.807) is 0 Å². The fraction of sp³-hybridized carbons (Fsp3) is 0.667. The smallest absolute Gasteiger partial charge is 0.0348 e. The molecule has 0 saturated heterocycles. The summed E-state index contributed by atoms with van der Waals surface area (Å²) < 4.78 is 0. The Labute approximate surface area is 76.4 Å². The van der Waals surface area contributed by atoms with Crippen LogP contribution >= 0.6 is 0 Å². The summed E-state index contributed by atoms with van der Waals surface area (Å²) in [5.74, 6) is 0. The Morgan fingerprint density at radius 3 is 1.42 bits per heavy atom. The standard InChI is InChI=1S/C12H20/c1-2-4-6-8-10-12-11-9-7-5-3-1/h1-4H,5-12H2/b3-1+,4-2+. The van der Waals surface area contributed by atoms with Crippen LogP contribution < -0.4 is 0 Å². The Balaban J connectivity index is 2.21. The van der Waals surface area contributed by atoms with Crippen LogP contribution in [0.1, 0.15) is 51.4 Å². The molecule has 0 saturated carbocycles. The summed E-state index contributed by atoms with van der Waals surface area (Å²) in [6, 6.07) is 0. The second-order valence-corrected chi connectivity index (χ2v) is 3.55. The van der Waals surface area contributed by atoms with Crippen molar-refractivity contribution in [3.05, 3.63) is 24.3 Å². The Bertz CT molecular complexity index is 124. The van der Waals surface area contributed by atoms with Crippen LogP contribution in [0, 0.1) is 0 Å². The average molecular weight is 164 g/mol. The molecule has 1 aliphatic rings. The molecule has 1 aliphatic carbocycles. The Morgan fingerprint density at radius 1 is 0.500 bits per heavy atom. The van der Waals surface area contributed by atoms with Gasteiger partial charge >= 0.3 is 0 Å². The fourth-order valence-electron chi connectivity index (χ4n) is 1.58. The van der Waals surface area contributed by atoms with Crippen molar-refractivity contribution < 1.29 is 0 Å². The van der Waals surface area contributed by atoms with Crippen LogP contribution in [0.2, 0.25) is 0 Å². The zero-order chi connectivity index (χ0) is 8.49. The first kappa shape index (κ1) is 9.57. The van der Waals surface area contributed by atoms with Crippen molar-refractivity contribution in [3.63, 3.8) is 0 Å². The van der Waals surface area contributed by atoms with Crippen molar-refractivity contribution in [1.29, 1.82) is 0 Å². The van der Waals surface area contributed by atoms with E-state index in [4.69, 9.17) is 0 Å². The molecule has 12 heavy (non-hydrogen) atoms. The van der Waals surface area contributed by atoms with Crippen LogP contribution in [-0.2, 0) is 0 Å². The van der Waals surface area contributed by atoms with Gasteiger partial charge in [-0.3, -0.25) is 0 Å². The molecule has 0 unspecified atom stereocenters. The minimum Gasteiger partial charge on any atom is -0.0845 e. The van der Waals surface area contributed by atoms with Crippen LogP contribution in [0.15, 0.2) is 24.3 Å². The molecule has 0 aromatic heterocycles. The quantitative estimate of drug-likeness (QED) is 0.502. The zero-order valence-electron chi connectivity index (χ0n) is 7.97. The molecule has 0 nitrogen and oxygen atoms in total. The van der Waals surface area contributed by atoms with Gasteiger partial charge in [0.25, 0.3) is 0 Å². The van der Waals surface area contributed by atoms with Crippen molar-refractivity contribution in [2.75, 3.05) is 0 Å². The lowest BCUT2D eigenvalue weighted by molar-refractivity contribution is 0.599. The van der Waals surface area contributed by atoms with Gasteiger partial charge in [-0.05, 0) is 25.7 Å². The highest BCUT2D eigenvalue weighted by atomic mass is 14.0. The van der Waals surface area contributed by atoms with Crippen molar-refractivity contribution in [3.8, 4) is 0 Å². The van der Waals surface area contributed by atoms with Gasteiger partial charge in [-0.1, -0.05) is 50.0 Å². The Morgan fingerprint density at radius 2 is 0.917 bits per heavy atom. The normalized spacial score (nSPS) is 26.7. The summed E-state index contributed by atoms with van der Waals surface area (Å²) in [6.07, 6.45) is 20.0. The molecular weight excluding hydrogens is 144 g/mol. The Hall–Kier alpha value is -0.520. The molecular formula is C12H20. The first-order valence-corrected chi connectivity index (χ1v) is 5.32. The second kappa shape index (κ2) is 7.15. The molecule has 0 aliphatic heterocycles. The summed E-state index contributed by atoms with van der Waals surface area (Å²) in [5.41, 5.74) is 0. The van der Waals surface area contributed by atoms with E-state index in [0.717, 1.165) is 0 Å². The minimum atomic E-state index is 1.27. The third kappa shape index (κ3) is 5.17. The van der Waals surface area contributed by atoms with E-state index in [1.165, 1.54) is 51.4 Å². The maximum absolute atomic E-state index is 2.29. The molecule has 0 spiro atoms. The van der Waals surface area contributed by atoms with Gasteiger partial charge in [0.15, 0.2) is 0 Å². The summed E-state index contributed by atoms with van der Waals surface area (Å²) in [5, 5.41) is 0. The maximum Gasteiger partial charge on any atom is -0.0348 e. The van der Waals surface area contributed by atoms with Gasteiger partial charge in [0, 0.05) is 0 Å². The predicted octanol–water partition coefficient (Wildman–Crippen LogP) is 4.23. The van der Waals surface area contributed by atoms with Gasteiger partial charge < -0.3 is 0 Å². The molecule has 0 heterocycles. The van der Waals surface area contributed by atoms with Crippen molar-refractivity contribution in [1.82, 2.24) is 0 Å². The van der Waals surface area contributed by atoms with Crippen LogP contribution in [0.3, 0.4) is 0 Å². The van der Waals surface area contributed by atoms with E-state index in [0.29, 0.717) is 0 Å². The molecule has 0 radical (unpaired) electrons. The summed E-state index contributed by atoms with van der Waals surface area (Å²) in [7, 11) is 0. The third-order valence-electron chi connectivity index (χ3n) is 2.37. The highest BCUT2D eigenvalue weighted by Gasteiger charge is 1.90. The van der Waals surface area contributed by atoms with E-state index >= 15 is 0 Å². The van der Waals surface area contributed by atoms with Gasteiger partial charge in [0.05, 0.1) is 0 Å². The first-order valence-electron chi connectivity index (χ1n) is 5.32. The molecule has 0 aromatic carbocycles. The van der Waals surface area contributed by atoms with E-state index in [9.17, 15) is 0 Å². The van der Waals surface area contributed by atoms with Crippen LogP contribution in [0.5, 0.6) is 0 Å². The summed E-state index contributed by atoms with van der Waals surface area (Å²) in [6.45, 7) is 0. The van der Waals surface area contributed by atoms with Crippen molar-refractivity contribution in [2.45, 2.75) is 51.4 Å². The van der Waals surface area contributed by atoms with Gasteiger partial charge in [-0.2, -0.15) is 0 Å². The van der Waals surface area contributed by atoms with E-state index in [2.05, 4.69) is 24.3 Å². The van der Waals surface area contributed by atoms with Gasteiger partial charge in [-0.15, -0.1) is 0 Å². The highest BCUT2D eigenvalue weighted by molar-refractivity contribution is 5.02. The topological polar surface area (TPSA) is 0 Å². The molecule has 0 amide bonds. The number of allylic oxidation sites excluding steroid dienone is 4. The molecule has 0 bridgehead atoms. The van der Waals surface area contributed by atoms with Crippen molar-refractivity contribution in [2.24, 2.45) is 0 Å². The summed E-state index contributed by atoms with van der Waals surface area (Å²) in [4.78, 5) is 0. The largest absolute Gasteiger partial charge is 0.0845 e. The molecule has 0 heteroatoms. The zero-order valence-corrected chi connectivity index (χ0v) is 7.97. The third-order valence-corrected chi connectivity index (χ3v) is 2.37. The van der Waals surface area contributed by atoms with Crippen LogP contribution in [-0.4, -0.2) is 0 Å². The number of hydrogen-bond donors (Lipinski definition) is 0. The molecule has 68 valence electrons. The lowest BCUT2D eigenvalue weighted by Gasteiger charge is -1.99. The van der Waals surface area contributed by atoms with E-state index < -0.39 is 0 Å². The minimum absolute atomic E-state index is 1.27. The SMILES string of the molecule is C1=C/CCCCCCCC/C=C/1. The Kier molecular flexibility index (Phi) is 5.70.